The molecular formula is C25H18FN5O3. The summed E-state index contributed by atoms with van der Waals surface area (Å²) in [4.78, 5) is 31.8. The summed E-state index contributed by atoms with van der Waals surface area (Å²) >= 11 is 0. The second-order valence-corrected chi connectivity index (χ2v) is 7.10. The number of allylic oxidation sites excluding steroid dienone is 1. The van der Waals surface area contributed by atoms with Gasteiger partial charge in [-0.2, -0.15) is 0 Å². The Hall–Kier alpha value is -4.92. The predicted octanol–water partition coefficient (Wildman–Crippen LogP) is 5.91. The number of rotatable bonds is 8. The van der Waals surface area contributed by atoms with Crippen LogP contribution in [0.1, 0.15) is 15.9 Å². The summed E-state index contributed by atoms with van der Waals surface area (Å²) in [5.41, 5.74) is 2.19. The van der Waals surface area contributed by atoms with Gasteiger partial charge >= 0.3 is 0 Å². The number of anilines is 4. The van der Waals surface area contributed by atoms with Crippen molar-refractivity contribution in [3.8, 4) is 0 Å². The molecule has 2 heterocycles. The lowest BCUT2D eigenvalue weighted by molar-refractivity contribution is -0.384. The largest absolute Gasteiger partial charge is 0.340 e. The normalized spacial score (nSPS) is 10.7. The van der Waals surface area contributed by atoms with Gasteiger partial charge in [0, 0.05) is 41.5 Å². The zero-order valence-corrected chi connectivity index (χ0v) is 17.7. The lowest BCUT2D eigenvalue weighted by atomic mass is 10.1. The highest BCUT2D eigenvalue weighted by molar-refractivity contribution is 6.10. The van der Waals surface area contributed by atoms with Gasteiger partial charge in [-0.1, -0.05) is 0 Å². The molecule has 2 N–H and O–H groups in total. The number of hydrogen-bond donors (Lipinski definition) is 2. The smallest absolute Gasteiger partial charge is 0.269 e. The molecule has 0 aliphatic heterocycles. The zero-order chi connectivity index (χ0) is 23.9. The van der Waals surface area contributed by atoms with Gasteiger partial charge in [0.2, 0.25) is 0 Å². The summed E-state index contributed by atoms with van der Waals surface area (Å²) < 4.78 is 13.2. The van der Waals surface area contributed by atoms with Gasteiger partial charge in [0.25, 0.3) is 5.69 Å². The number of carbonyl (C=O) groups is 1. The fourth-order valence-corrected chi connectivity index (χ4v) is 3.09. The second-order valence-electron chi connectivity index (χ2n) is 7.10. The third-order valence-corrected chi connectivity index (χ3v) is 4.77. The SMILES string of the molecule is O=C(/C=C/c1cccnc1Nc1ccc([N+](=O)[O-])cc1)c1cccnc1Nc1ccc(F)cc1. The van der Waals surface area contributed by atoms with Gasteiger partial charge in [-0.15, -0.1) is 0 Å². The minimum absolute atomic E-state index is 0.0150. The molecule has 0 saturated heterocycles. The van der Waals surface area contributed by atoms with Crippen molar-refractivity contribution in [3.63, 3.8) is 0 Å². The number of non-ortho nitro benzene ring substituents is 1. The average molecular weight is 455 g/mol. The van der Waals surface area contributed by atoms with Crippen LogP contribution in [0, 0.1) is 15.9 Å². The highest BCUT2D eigenvalue weighted by Gasteiger charge is 2.11. The van der Waals surface area contributed by atoms with Crippen LogP contribution in [0.25, 0.3) is 6.08 Å². The number of nitro benzene ring substituents is 1. The van der Waals surface area contributed by atoms with E-state index in [1.807, 2.05) is 0 Å². The van der Waals surface area contributed by atoms with E-state index in [1.54, 1.807) is 67.0 Å². The van der Waals surface area contributed by atoms with Gasteiger partial charge in [-0.3, -0.25) is 14.9 Å². The van der Waals surface area contributed by atoms with Crippen molar-refractivity contribution in [3.05, 3.63) is 118 Å². The number of benzene rings is 2. The quantitative estimate of drug-likeness (QED) is 0.147. The summed E-state index contributed by atoms with van der Waals surface area (Å²) in [6.45, 7) is 0. The van der Waals surface area contributed by atoms with E-state index in [1.165, 1.54) is 30.3 Å². The summed E-state index contributed by atoms with van der Waals surface area (Å²) in [6, 6.07) is 18.5. The first-order valence-corrected chi connectivity index (χ1v) is 10.2. The van der Waals surface area contributed by atoms with Crippen molar-refractivity contribution in [2.45, 2.75) is 0 Å². The van der Waals surface area contributed by atoms with E-state index < -0.39 is 4.92 Å². The molecule has 168 valence electrons. The van der Waals surface area contributed by atoms with Crippen LogP contribution in [-0.4, -0.2) is 20.7 Å². The number of carbonyl (C=O) groups excluding carboxylic acids is 1. The number of nitrogens with one attached hydrogen (secondary N) is 2. The molecule has 0 atom stereocenters. The first-order chi connectivity index (χ1) is 16.5. The molecule has 0 radical (unpaired) electrons. The predicted molar refractivity (Wildman–Crippen MR) is 128 cm³/mol. The molecule has 0 unspecified atom stereocenters. The fraction of sp³-hybridized carbons (Fsp3) is 0. The van der Waals surface area contributed by atoms with Crippen molar-refractivity contribution in [1.82, 2.24) is 9.97 Å². The van der Waals surface area contributed by atoms with E-state index in [9.17, 15) is 19.3 Å². The number of halogens is 1. The maximum Gasteiger partial charge on any atom is 0.269 e. The molecule has 0 aliphatic rings. The van der Waals surface area contributed by atoms with Crippen LogP contribution in [0.4, 0.5) is 33.1 Å². The van der Waals surface area contributed by atoms with Crippen LogP contribution in [0.3, 0.4) is 0 Å². The molecule has 9 heteroatoms. The van der Waals surface area contributed by atoms with Gasteiger partial charge in [0.05, 0.1) is 10.5 Å². The molecule has 0 aliphatic carbocycles. The topological polar surface area (TPSA) is 110 Å². The Morgan fingerprint density at radius 3 is 2.12 bits per heavy atom. The molecule has 34 heavy (non-hydrogen) atoms. The summed E-state index contributed by atoms with van der Waals surface area (Å²) in [5, 5.41) is 17.0. The number of aromatic nitrogens is 2. The Kier molecular flexibility index (Phi) is 6.64. The van der Waals surface area contributed by atoms with Gasteiger partial charge in [0.15, 0.2) is 5.78 Å². The molecule has 4 rings (SSSR count). The van der Waals surface area contributed by atoms with Crippen LogP contribution in [0.15, 0.2) is 91.3 Å². The highest BCUT2D eigenvalue weighted by atomic mass is 19.1. The van der Waals surface area contributed by atoms with Gasteiger partial charge < -0.3 is 10.6 Å². The Morgan fingerprint density at radius 2 is 1.44 bits per heavy atom. The number of pyridine rings is 2. The molecule has 8 nitrogen and oxygen atoms in total. The molecule has 4 aromatic rings. The second kappa shape index (κ2) is 10.1. The maximum absolute atomic E-state index is 13.2. The highest BCUT2D eigenvalue weighted by Crippen LogP contribution is 2.23. The van der Waals surface area contributed by atoms with Crippen LogP contribution < -0.4 is 10.6 Å². The van der Waals surface area contributed by atoms with Crippen molar-refractivity contribution in [2.75, 3.05) is 10.6 Å². The fourth-order valence-electron chi connectivity index (χ4n) is 3.09. The zero-order valence-electron chi connectivity index (χ0n) is 17.7. The summed E-state index contributed by atoms with van der Waals surface area (Å²) in [7, 11) is 0. The van der Waals surface area contributed by atoms with Gasteiger partial charge in [-0.05, 0) is 72.8 Å². The van der Waals surface area contributed by atoms with Crippen LogP contribution in [-0.2, 0) is 0 Å². The van der Waals surface area contributed by atoms with Crippen LogP contribution >= 0.6 is 0 Å². The van der Waals surface area contributed by atoms with E-state index in [-0.39, 0.29) is 17.3 Å². The molecule has 0 spiro atoms. The Balaban J connectivity index is 1.53. The molecule has 0 saturated carbocycles. The van der Waals surface area contributed by atoms with Crippen molar-refractivity contribution in [2.24, 2.45) is 0 Å². The third kappa shape index (κ3) is 5.46. The average Bonchev–Trinajstić information content (AvgIpc) is 2.85. The number of hydrogen-bond acceptors (Lipinski definition) is 7. The molecule has 0 amide bonds. The maximum atomic E-state index is 13.2. The minimum Gasteiger partial charge on any atom is -0.340 e. The van der Waals surface area contributed by atoms with Crippen molar-refractivity contribution < 1.29 is 14.1 Å². The molecule has 2 aromatic carbocycles. The van der Waals surface area contributed by atoms with Crippen molar-refractivity contribution >= 4 is 40.6 Å². The number of ketones is 1. The van der Waals surface area contributed by atoms with Gasteiger partial charge in [0.1, 0.15) is 17.5 Å². The minimum atomic E-state index is -0.470. The number of nitrogens with zero attached hydrogens (tertiary/aromatic N) is 3. The first-order valence-electron chi connectivity index (χ1n) is 10.2. The molecular weight excluding hydrogens is 437 g/mol. The van der Waals surface area contributed by atoms with Crippen LogP contribution in [0.5, 0.6) is 0 Å². The standard InChI is InChI=1S/C25H18FN5O3/c26-18-6-8-19(9-7-18)30-25-22(4-2-16-28-25)23(32)14-5-17-3-1-15-27-24(17)29-20-10-12-21(13-11-20)31(33)34/h1-16H,(H,27,29)(H,28,30)/b14-5+. The molecule has 0 fully saturated rings. The Labute approximate surface area is 194 Å². The van der Waals surface area contributed by atoms with E-state index in [4.69, 9.17) is 0 Å². The lowest BCUT2D eigenvalue weighted by Gasteiger charge is -2.10. The van der Waals surface area contributed by atoms with E-state index in [0.717, 1.165) is 0 Å². The number of nitro groups is 1. The van der Waals surface area contributed by atoms with E-state index in [2.05, 4.69) is 20.6 Å². The van der Waals surface area contributed by atoms with E-state index >= 15 is 0 Å². The molecule has 0 bridgehead atoms. The summed E-state index contributed by atoms with van der Waals surface area (Å²) in [5.74, 6) is 0.179. The monoisotopic (exact) mass is 455 g/mol. The summed E-state index contributed by atoms with van der Waals surface area (Å²) in [6.07, 6.45) is 6.18. The molecule has 2 aromatic heterocycles. The Morgan fingerprint density at radius 1 is 0.853 bits per heavy atom. The van der Waals surface area contributed by atoms with Crippen molar-refractivity contribution in [1.29, 1.82) is 0 Å². The lowest BCUT2D eigenvalue weighted by Crippen LogP contribution is -2.03. The van der Waals surface area contributed by atoms with Crippen LogP contribution in [0.2, 0.25) is 0 Å². The third-order valence-electron chi connectivity index (χ3n) is 4.77. The van der Waals surface area contributed by atoms with E-state index in [0.29, 0.717) is 34.1 Å². The van der Waals surface area contributed by atoms with Gasteiger partial charge in [-0.25, -0.2) is 14.4 Å². The Bertz CT molecular complexity index is 1360. The first kappa shape index (κ1) is 22.3.